The summed E-state index contributed by atoms with van der Waals surface area (Å²) in [5.41, 5.74) is 3.35. The molecule has 3 aliphatic rings. The van der Waals surface area contributed by atoms with Gasteiger partial charge < -0.3 is 9.64 Å². The Morgan fingerprint density at radius 3 is 2.68 bits per heavy atom. The largest absolute Gasteiger partial charge is 0.497 e. The van der Waals surface area contributed by atoms with Gasteiger partial charge >= 0.3 is 0 Å². The zero-order valence-corrected chi connectivity index (χ0v) is 14.1. The molecule has 0 amide bonds. The number of ether oxygens (including phenoxy) is 1. The van der Waals surface area contributed by atoms with Crippen LogP contribution < -0.4 is 4.74 Å². The molecule has 2 aliphatic heterocycles. The summed E-state index contributed by atoms with van der Waals surface area (Å²) in [6.45, 7) is 6.28. The van der Waals surface area contributed by atoms with E-state index < -0.39 is 0 Å². The second-order valence-corrected chi connectivity index (χ2v) is 7.63. The fraction of sp³-hybridized carbons (Fsp3) is 0.684. The molecule has 0 spiro atoms. The van der Waals surface area contributed by atoms with Gasteiger partial charge in [0.15, 0.2) is 0 Å². The number of piperidine rings is 1. The number of fused-ring (bicyclic) bond motifs is 4. The zero-order valence-electron chi connectivity index (χ0n) is 14.1. The highest BCUT2D eigenvalue weighted by Crippen LogP contribution is 2.48. The van der Waals surface area contributed by atoms with E-state index in [1.165, 1.54) is 50.9 Å². The maximum Gasteiger partial charge on any atom is 0.119 e. The fourth-order valence-electron chi connectivity index (χ4n) is 5.23. The molecule has 4 rings (SSSR count). The number of likely N-dealkylation sites (N-methyl/N-ethyl adjacent to an activating group) is 1. The molecule has 3 heteroatoms. The standard InChI is InChI=1S/C19H28N2O/c1-19-8-11-20(2)17(18(19)21-9-4-5-10-21)12-14-6-7-15(22-3)13-16(14)19/h6-7,13,17-18H,4-5,8-12H2,1-3H3/t17-,18?,19+/m1/s1. The van der Waals surface area contributed by atoms with Crippen molar-refractivity contribution >= 4 is 0 Å². The average Bonchev–Trinajstić information content (AvgIpc) is 3.05. The minimum atomic E-state index is 0.267. The van der Waals surface area contributed by atoms with Gasteiger partial charge in [0.25, 0.3) is 0 Å². The summed E-state index contributed by atoms with van der Waals surface area (Å²) in [6.07, 6.45) is 5.18. The Hall–Kier alpha value is -1.06. The van der Waals surface area contributed by atoms with Crippen LogP contribution in [0.2, 0.25) is 0 Å². The molecule has 120 valence electrons. The smallest absolute Gasteiger partial charge is 0.119 e. The van der Waals surface area contributed by atoms with Crippen molar-refractivity contribution in [2.45, 2.75) is 50.1 Å². The van der Waals surface area contributed by atoms with Crippen LogP contribution in [0.3, 0.4) is 0 Å². The second kappa shape index (κ2) is 5.24. The highest BCUT2D eigenvalue weighted by molar-refractivity contribution is 5.46. The van der Waals surface area contributed by atoms with Crippen LogP contribution in [-0.4, -0.2) is 55.7 Å². The van der Waals surface area contributed by atoms with Gasteiger partial charge in [-0.2, -0.15) is 0 Å². The van der Waals surface area contributed by atoms with Gasteiger partial charge in [0.05, 0.1) is 7.11 Å². The van der Waals surface area contributed by atoms with Gasteiger partial charge in [-0.25, -0.2) is 0 Å². The van der Waals surface area contributed by atoms with Crippen LogP contribution in [0.1, 0.15) is 37.3 Å². The highest BCUT2D eigenvalue weighted by Gasteiger charge is 2.52. The minimum absolute atomic E-state index is 0.267. The van der Waals surface area contributed by atoms with Crippen molar-refractivity contribution in [1.82, 2.24) is 9.80 Å². The molecule has 1 aromatic carbocycles. The average molecular weight is 300 g/mol. The van der Waals surface area contributed by atoms with Crippen molar-refractivity contribution in [3.05, 3.63) is 29.3 Å². The lowest BCUT2D eigenvalue weighted by molar-refractivity contribution is 0.00141. The molecule has 1 aromatic rings. The van der Waals surface area contributed by atoms with Gasteiger partial charge in [0, 0.05) is 17.5 Å². The van der Waals surface area contributed by atoms with E-state index in [4.69, 9.17) is 4.74 Å². The Kier molecular flexibility index (Phi) is 3.46. The van der Waals surface area contributed by atoms with E-state index in [9.17, 15) is 0 Å². The minimum Gasteiger partial charge on any atom is -0.497 e. The van der Waals surface area contributed by atoms with Gasteiger partial charge in [0.2, 0.25) is 0 Å². The number of hydrogen-bond acceptors (Lipinski definition) is 3. The van der Waals surface area contributed by atoms with Crippen molar-refractivity contribution < 1.29 is 4.74 Å². The third-order valence-electron chi connectivity index (χ3n) is 6.46. The maximum absolute atomic E-state index is 5.52. The topological polar surface area (TPSA) is 15.7 Å². The molecule has 3 atom stereocenters. The first-order valence-corrected chi connectivity index (χ1v) is 8.75. The van der Waals surface area contributed by atoms with E-state index >= 15 is 0 Å². The molecule has 2 fully saturated rings. The number of benzene rings is 1. The molecule has 0 radical (unpaired) electrons. The Morgan fingerprint density at radius 1 is 1.18 bits per heavy atom. The van der Waals surface area contributed by atoms with Crippen LogP contribution in [0.5, 0.6) is 5.75 Å². The first-order valence-electron chi connectivity index (χ1n) is 8.75. The van der Waals surface area contributed by atoms with Gasteiger partial charge in [-0.3, -0.25) is 4.90 Å². The molecule has 2 heterocycles. The lowest BCUT2D eigenvalue weighted by Gasteiger charge is -2.57. The van der Waals surface area contributed by atoms with Gasteiger partial charge in [-0.1, -0.05) is 13.0 Å². The van der Waals surface area contributed by atoms with Crippen molar-refractivity contribution in [2.75, 3.05) is 33.8 Å². The molecule has 0 saturated carbocycles. The third-order valence-corrected chi connectivity index (χ3v) is 6.46. The first kappa shape index (κ1) is 14.5. The predicted octanol–water partition coefficient (Wildman–Crippen LogP) is 2.68. The van der Waals surface area contributed by atoms with Gasteiger partial charge in [0.1, 0.15) is 5.75 Å². The van der Waals surface area contributed by atoms with E-state index in [1.807, 2.05) is 0 Å². The summed E-state index contributed by atoms with van der Waals surface area (Å²) in [7, 11) is 4.10. The maximum atomic E-state index is 5.52. The van der Waals surface area contributed by atoms with Crippen LogP contribution in [0.15, 0.2) is 18.2 Å². The number of rotatable bonds is 2. The van der Waals surface area contributed by atoms with Gasteiger partial charge in [-0.15, -0.1) is 0 Å². The van der Waals surface area contributed by atoms with E-state index in [0.29, 0.717) is 12.1 Å². The summed E-state index contributed by atoms with van der Waals surface area (Å²) in [5.74, 6) is 1.01. The third kappa shape index (κ3) is 2.02. The van der Waals surface area contributed by atoms with E-state index in [2.05, 4.69) is 42.0 Å². The molecule has 1 aliphatic carbocycles. The number of likely N-dealkylation sites (tertiary alicyclic amines) is 2. The molecule has 0 N–H and O–H groups in total. The van der Waals surface area contributed by atoms with Crippen molar-refractivity contribution in [2.24, 2.45) is 0 Å². The van der Waals surface area contributed by atoms with Crippen molar-refractivity contribution in [3.8, 4) is 5.75 Å². The second-order valence-electron chi connectivity index (χ2n) is 7.63. The predicted molar refractivity (Wildman–Crippen MR) is 89.7 cm³/mol. The van der Waals surface area contributed by atoms with Crippen LogP contribution in [0.4, 0.5) is 0 Å². The lowest BCUT2D eigenvalue weighted by atomic mass is 9.61. The molecular formula is C19H28N2O. The first-order chi connectivity index (χ1) is 10.6. The number of nitrogens with zero attached hydrogens (tertiary/aromatic N) is 2. The summed E-state index contributed by atoms with van der Waals surface area (Å²) in [6, 6.07) is 8.08. The summed E-state index contributed by atoms with van der Waals surface area (Å²) in [5, 5.41) is 0. The molecule has 0 aromatic heterocycles. The van der Waals surface area contributed by atoms with Crippen LogP contribution in [-0.2, 0) is 11.8 Å². The molecule has 2 bridgehead atoms. The van der Waals surface area contributed by atoms with E-state index in [0.717, 1.165) is 5.75 Å². The molecule has 3 nitrogen and oxygen atoms in total. The molecule has 22 heavy (non-hydrogen) atoms. The monoisotopic (exact) mass is 300 g/mol. The Morgan fingerprint density at radius 2 is 1.95 bits per heavy atom. The Balaban J connectivity index is 1.82. The lowest BCUT2D eigenvalue weighted by Crippen LogP contribution is -2.66. The Bertz CT molecular complexity index is 567. The molecular weight excluding hydrogens is 272 g/mol. The SMILES string of the molecule is COc1ccc2c(c1)[C@]1(C)CCN(C)[C@H](C2)C1N1CCCC1. The van der Waals surface area contributed by atoms with Crippen molar-refractivity contribution in [3.63, 3.8) is 0 Å². The van der Waals surface area contributed by atoms with Gasteiger partial charge in [-0.05, 0) is 75.6 Å². The van der Waals surface area contributed by atoms with Crippen LogP contribution in [0, 0.1) is 0 Å². The van der Waals surface area contributed by atoms with Crippen molar-refractivity contribution in [1.29, 1.82) is 0 Å². The van der Waals surface area contributed by atoms with Crippen LogP contribution >= 0.6 is 0 Å². The number of hydrogen-bond donors (Lipinski definition) is 0. The van der Waals surface area contributed by atoms with E-state index in [-0.39, 0.29) is 5.41 Å². The van der Waals surface area contributed by atoms with E-state index in [1.54, 1.807) is 12.7 Å². The Labute approximate surface area is 134 Å². The zero-order chi connectivity index (χ0) is 15.3. The quantitative estimate of drug-likeness (QED) is 0.835. The molecule has 2 saturated heterocycles. The summed E-state index contributed by atoms with van der Waals surface area (Å²) in [4.78, 5) is 5.39. The fourth-order valence-corrected chi connectivity index (χ4v) is 5.23. The summed E-state index contributed by atoms with van der Waals surface area (Å²) < 4.78 is 5.52. The molecule has 1 unspecified atom stereocenters. The number of methoxy groups -OCH3 is 1. The highest BCUT2D eigenvalue weighted by atomic mass is 16.5. The summed E-state index contributed by atoms with van der Waals surface area (Å²) >= 11 is 0. The van der Waals surface area contributed by atoms with Crippen LogP contribution in [0.25, 0.3) is 0 Å². The normalized spacial score (nSPS) is 35.4.